The molecule has 6 nitrogen and oxygen atoms in total. The molecular formula is C46H52N4O2S. The van der Waals surface area contributed by atoms with E-state index in [0.717, 1.165) is 54.6 Å². The lowest BCUT2D eigenvalue weighted by molar-refractivity contribution is -0.114. The SMILES string of the molecule is CC(C)(C)C1=CC(=C(N=Nc2ccccc2)c2ccc(C(N=Nc3ccccc3)=C3C=C(C(C)(C)C)C(=O)C(C(C)(C)C)=C3)s2)C=C(C(C)(C)C)C1=O. The van der Waals surface area contributed by atoms with Crippen molar-refractivity contribution in [1.82, 2.24) is 0 Å². The molecule has 5 rings (SSSR count). The van der Waals surface area contributed by atoms with Gasteiger partial charge in [0.2, 0.25) is 0 Å². The van der Waals surface area contributed by atoms with E-state index in [9.17, 15) is 9.59 Å². The van der Waals surface area contributed by atoms with E-state index in [-0.39, 0.29) is 11.6 Å². The van der Waals surface area contributed by atoms with E-state index in [1.54, 1.807) is 0 Å². The molecule has 0 atom stereocenters. The summed E-state index contributed by atoms with van der Waals surface area (Å²) in [5.74, 6) is 0.117. The lowest BCUT2D eigenvalue weighted by Gasteiger charge is -2.31. The Morgan fingerprint density at radius 1 is 0.434 bits per heavy atom. The minimum Gasteiger partial charge on any atom is -0.289 e. The van der Waals surface area contributed by atoms with Gasteiger partial charge in [0.05, 0.1) is 21.1 Å². The number of hydrogen-bond donors (Lipinski definition) is 0. The summed E-state index contributed by atoms with van der Waals surface area (Å²) in [6.45, 7) is 24.8. The summed E-state index contributed by atoms with van der Waals surface area (Å²) in [6, 6.07) is 23.4. The van der Waals surface area contributed by atoms with Crippen LogP contribution in [0.15, 0.2) is 151 Å². The first kappa shape index (κ1) is 39.3. The summed E-state index contributed by atoms with van der Waals surface area (Å²) >= 11 is 1.53. The first-order valence-electron chi connectivity index (χ1n) is 18.2. The Morgan fingerprint density at radius 2 is 0.717 bits per heavy atom. The van der Waals surface area contributed by atoms with Crippen LogP contribution in [0.4, 0.5) is 11.4 Å². The Labute approximate surface area is 319 Å². The number of thiophene rings is 1. The second kappa shape index (κ2) is 14.9. The molecule has 1 heterocycles. The molecule has 2 aliphatic rings. The standard InChI is InChI=1S/C46H52N4O2S/c1-43(2,3)33-25-29(26-34(41(33)51)44(4,5)6)39(49-47-31-19-15-13-16-20-31)37-23-24-38(53-37)40(50-48-32-21-17-14-18-22-32)30-27-35(45(7,8)9)42(52)36(28-30)46(10,11)12/h13-28H,1-12H3. The molecule has 0 saturated heterocycles. The fourth-order valence-corrected chi connectivity index (χ4v) is 7.08. The van der Waals surface area contributed by atoms with Crippen molar-refractivity contribution in [2.75, 3.05) is 0 Å². The molecule has 2 aliphatic carbocycles. The summed E-state index contributed by atoms with van der Waals surface area (Å²) in [7, 11) is 0. The average molecular weight is 725 g/mol. The van der Waals surface area contributed by atoms with Gasteiger partial charge >= 0.3 is 0 Å². The number of ketones is 2. The van der Waals surface area contributed by atoms with Crippen LogP contribution in [0.2, 0.25) is 0 Å². The van der Waals surface area contributed by atoms with Crippen LogP contribution in [0.3, 0.4) is 0 Å². The molecule has 0 bridgehead atoms. The smallest absolute Gasteiger partial charge is 0.186 e. The van der Waals surface area contributed by atoms with Gasteiger partial charge in [-0.2, -0.15) is 10.2 Å². The van der Waals surface area contributed by atoms with Gasteiger partial charge in [-0.1, -0.05) is 119 Å². The third-order valence-corrected chi connectivity index (χ3v) is 10.2. The van der Waals surface area contributed by atoms with Crippen LogP contribution in [-0.2, 0) is 9.59 Å². The van der Waals surface area contributed by atoms with Crippen molar-refractivity contribution in [3.8, 4) is 0 Å². The molecular weight excluding hydrogens is 673 g/mol. The molecule has 1 aromatic heterocycles. The van der Waals surface area contributed by atoms with E-state index in [1.807, 2.05) is 97.1 Å². The van der Waals surface area contributed by atoms with E-state index in [4.69, 9.17) is 10.2 Å². The zero-order valence-electron chi connectivity index (χ0n) is 33.3. The summed E-state index contributed by atoms with van der Waals surface area (Å²) < 4.78 is 0. The summed E-state index contributed by atoms with van der Waals surface area (Å²) in [5.41, 5.74) is 5.75. The van der Waals surface area contributed by atoms with E-state index in [2.05, 4.69) is 93.3 Å². The maximum absolute atomic E-state index is 13.9. The Morgan fingerprint density at radius 3 is 0.981 bits per heavy atom. The molecule has 53 heavy (non-hydrogen) atoms. The van der Waals surface area contributed by atoms with Crippen molar-refractivity contribution in [1.29, 1.82) is 0 Å². The Hall–Kier alpha value is -4.88. The molecule has 0 fully saturated rings. The Bertz CT molecular complexity index is 1930. The van der Waals surface area contributed by atoms with Crippen molar-refractivity contribution in [3.05, 3.63) is 140 Å². The quantitative estimate of drug-likeness (QED) is 0.237. The number of rotatable bonds is 6. The summed E-state index contributed by atoms with van der Waals surface area (Å²) in [6.07, 6.45) is 7.92. The minimum atomic E-state index is -0.391. The fraction of sp³-hybridized carbons (Fsp3) is 0.348. The van der Waals surface area contributed by atoms with Crippen LogP contribution in [0.25, 0.3) is 11.4 Å². The largest absolute Gasteiger partial charge is 0.289 e. The van der Waals surface area contributed by atoms with Gasteiger partial charge in [0.25, 0.3) is 0 Å². The zero-order valence-corrected chi connectivity index (χ0v) is 34.1. The normalized spacial score (nSPS) is 16.2. The second-order valence-corrected chi connectivity index (χ2v) is 18.8. The van der Waals surface area contributed by atoms with Crippen molar-refractivity contribution in [2.45, 2.75) is 83.1 Å². The zero-order chi connectivity index (χ0) is 38.9. The fourth-order valence-electron chi connectivity index (χ4n) is 6.06. The highest BCUT2D eigenvalue weighted by Crippen LogP contribution is 2.45. The molecule has 274 valence electrons. The maximum atomic E-state index is 13.9. The maximum Gasteiger partial charge on any atom is 0.186 e. The van der Waals surface area contributed by atoms with Gasteiger partial charge in [0.1, 0.15) is 11.4 Å². The molecule has 3 aromatic rings. The van der Waals surface area contributed by atoms with Gasteiger partial charge in [-0.3, -0.25) is 9.59 Å². The predicted molar refractivity (Wildman–Crippen MR) is 220 cm³/mol. The Kier molecular flexibility index (Phi) is 11.0. The number of carbonyl (C=O) groups excluding carboxylic acids is 2. The van der Waals surface area contributed by atoms with Crippen LogP contribution in [0.5, 0.6) is 0 Å². The molecule has 7 heteroatoms. The molecule has 0 aliphatic heterocycles. The van der Waals surface area contributed by atoms with E-state index < -0.39 is 21.7 Å². The topological polar surface area (TPSA) is 83.6 Å². The molecule has 0 unspecified atom stereocenters. The third kappa shape index (κ3) is 9.20. The lowest BCUT2D eigenvalue weighted by atomic mass is 9.71. The van der Waals surface area contributed by atoms with Crippen LogP contribution < -0.4 is 0 Å². The second-order valence-electron chi connectivity index (χ2n) is 17.7. The third-order valence-electron chi connectivity index (χ3n) is 9.07. The minimum absolute atomic E-state index is 0.0584. The number of Topliss-reactive ketones (excluding diaryl/α,β-unsaturated/α-hetero) is 2. The van der Waals surface area contributed by atoms with Gasteiger partial charge in [0.15, 0.2) is 11.6 Å². The summed E-state index contributed by atoms with van der Waals surface area (Å²) in [4.78, 5) is 29.5. The highest BCUT2D eigenvalue weighted by molar-refractivity contribution is 7.14. The highest BCUT2D eigenvalue weighted by Gasteiger charge is 2.36. The van der Waals surface area contributed by atoms with Crippen molar-refractivity contribution < 1.29 is 9.59 Å². The number of benzene rings is 2. The Balaban J connectivity index is 1.81. The van der Waals surface area contributed by atoms with E-state index >= 15 is 0 Å². The van der Waals surface area contributed by atoms with Crippen LogP contribution in [0.1, 0.15) is 92.8 Å². The van der Waals surface area contributed by atoms with Crippen molar-refractivity contribution >= 4 is 45.7 Å². The summed E-state index contributed by atoms with van der Waals surface area (Å²) in [5, 5.41) is 19.1. The molecule has 2 aromatic carbocycles. The molecule has 0 N–H and O–H groups in total. The van der Waals surface area contributed by atoms with E-state index in [1.165, 1.54) is 11.3 Å². The number of allylic oxidation sites excluding steroid dienone is 10. The average Bonchev–Trinajstić information content (AvgIpc) is 3.54. The van der Waals surface area contributed by atoms with Gasteiger partial charge < -0.3 is 0 Å². The van der Waals surface area contributed by atoms with Crippen LogP contribution in [-0.4, -0.2) is 11.6 Å². The molecule has 0 amide bonds. The number of hydrogen-bond acceptors (Lipinski definition) is 7. The van der Waals surface area contributed by atoms with Gasteiger partial charge in [-0.05, 0) is 82.4 Å². The van der Waals surface area contributed by atoms with Gasteiger partial charge in [-0.25, -0.2) is 0 Å². The first-order valence-corrected chi connectivity index (χ1v) is 19.0. The van der Waals surface area contributed by atoms with Crippen LogP contribution in [0, 0.1) is 21.7 Å². The van der Waals surface area contributed by atoms with E-state index in [0.29, 0.717) is 11.4 Å². The predicted octanol–water partition coefficient (Wildman–Crippen LogP) is 13.8. The number of azo groups is 2. The molecule has 0 radical (unpaired) electrons. The lowest BCUT2D eigenvalue weighted by Crippen LogP contribution is -2.28. The number of carbonyl (C=O) groups is 2. The molecule has 0 spiro atoms. The molecule has 0 saturated carbocycles. The van der Waals surface area contributed by atoms with Crippen molar-refractivity contribution in [2.24, 2.45) is 42.1 Å². The monoisotopic (exact) mass is 724 g/mol. The number of nitrogens with zero attached hydrogens (tertiary/aromatic N) is 4. The van der Waals surface area contributed by atoms with Crippen LogP contribution >= 0.6 is 11.3 Å². The highest BCUT2D eigenvalue weighted by atomic mass is 32.1. The first-order chi connectivity index (χ1) is 24.6. The van der Waals surface area contributed by atoms with Gasteiger partial charge in [-0.15, -0.1) is 21.6 Å². The van der Waals surface area contributed by atoms with Gasteiger partial charge in [0, 0.05) is 33.4 Å². The van der Waals surface area contributed by atoms with Crippen molar-refractivity contribution in [3.63, 3.8) is 0 Å².